The van der Waals surface area contributed by atoms with Gasteiger partial charge >= 0.3 is 0 Å². The minimum Gasteiger partial charge on any atom is -0.252 e. The van der Waals surface area contributed by atoms with Crippen molar-refractivity contribution in [1.29, 1.82) is 5.26 Å². The fraction of sp³-hybridized carbons (Fsp3) is 0. The van der Waals surface area contributed by atoms with E-state index in [-0.39, 0.29) is 35.4 Å². The SMILES string of the molecule is N#Cc1n[nH]c(Br)n1.[Na]. The largest absolute Gasteiger partial charge is 0.252 e. The van der Waals surface area contributed by atoms with Gasteiger partial charge in [0, 0.05) is 29.6 Å². The summed E-state index contributed by atoms with van der Waals surface area (Å²) in [5.41, 5.74) is 0. The Balaban J connectivity index is 0.000000640. The third-order valence-corrected chi connectivity index (χ3v) is 0.913. The number of aromatic amines is 1. The molecule has 1 aromatic rings. The molecule has 0 fully saturated rings. The molecule has 0 atom stereocenters. The van der Waals surface area contributed by atoms with Gasteiger partial charge in [0.25, 0.3) is 5.82 Å². The summed E-state index contributed by atoms with van der Waals surface area (Å²) in [7, 11) is 0. The molecule has 0 amide bonds. The number of nitrogens with one attached hydrogen (secondary N) is 1. The first-order chi connectivity index (χ1) is 3.83. The van der Waals surface area contributed by atoms with Crippen molar-refractivity contribution in [3.8, 4) is 6.07 Å². The Hall–Kier alpha value is 0.110. The number of hydrogen-bond acceptors (Lipinski definition) is 3. The molecule has 0 aliphatic carbocycles. The van der Waals surface area contributed by atoms with E-state index in [0.717, 1.165) is 0 Å². The van der Waals surface area contributed by atoms with Crippen molar-refractivity contribution in [1.82, 2.24) is 15.2 Å². The molecule has 1 heterocycles. The van der Waals surface area contributed by atoms with Crippen LogP contribution in [0.15, 0.2) is 4.73 Å². The van der Waals surface area contributed by atoms with Gasteiger partial charge < -0.3 is 0 Å². The smallest absolute Gasteiger partial charge is 0.252 e. The van der Waals surface area contributed by atoms with Crippen LogP contribution in [0, 0.1) is 11.3 Å². The van der Waals surface area contributed by atoms with E-state index < -0.39 is 0 Å². The number of nitriles is 1. The summed E-state index contributed by atoms with van der Waals surface area (Å²) in [5.74, 6) is 0.150. The normalized spacial score (nSPS) is 7.56. The van der Waals surface area contributed by atoms with Crippen LogP contribution in [-0.2, 0) is 0 Å². The number of hydrogen-bond donors (Lipinski definition) is 1. The van der Waals surface area contributed by atoms with Gasteiger partial charge in [0.15, 0.2) is 4.73 Å². The van der Waals surface area contributed by atoms with E-state index in [1.165, 1.54) is 0 Å². The van der Waals surface area contributed by atoms with E-state index in [0.29, 0.717) is 4.73 Å². The molecule has 0 aliphatic heterocycles. The van der Waals surface area contributed by atoms with Gasteiger partial charge in [-0.1, -0.05) is 0 Å². The fourth-order valence-corrected chi connectivity index (χ4v) is 0.549. The molecule has 4 nitrogen and oxygen atoms in total. The molecule has 6 heteroatoms. The van der Waals surface area contributed by atoms with Crippen LogP contribution in [-0.4, -0.2) is 44.7 Å². The third-order valence-electron chi connectivity index (χ3n) is 0.558. The Morgan fingerprint density at radius 2 is 2.33 bits per heavy atom. The summed E-state index contributed by atoms with van der Waals surface area (Å²) in [4.78, 5) is 3.62. The van der Waals surface area contributed by atoms with Gasteiger partial charge in [-0.05, 0) is 15.9 Å². The molecular formula is C3HBrN4Na. The van der Waals surface area contributed by atoms with E-state index >= 15 is 0 Å². The topological polar surface area (TPSA) is 65.4 Å². The second-order valence-electron chi connectivity index (χ2n) is 1.06. The van der Waals surface area contributed by atoms with Crippen molar-refractivity contribution in [2.45, 2.75) is 0 Å². The standard InChI is InChI=1S/C3HBrN4.Na/c4-3-6-2(1-5)7-8-3;/h(H,6,7,8);. The number of H-pyrrole nitrogens is 1. The van der Waals surface area contributed by atoms with Crippen LogP contribution in [0.1, 0.15) is 5.82 Å². The minimum absolute atomic E-state index is 0. The third kappa shape index (κ3) is 2.45. The van der Waals surface area contributed by atoms with Gasteiger partial charge in [0.2, 0.25) is 0 Å². The number of nitrogens with zero attached hydrogens (tertiary/aromatic N) is 3. The van der Waals surface area contributed by atoms with Crippen molar-refractivity contribution < 1.29 is 0 Å². The van der Waals surface area contributed by atoms with Crippen LogP contribution in [0.5, 0.6) is 0 Å². The van der Waals surface area contributed by atoms with Gasteiger partial charge in [0.1, 0.15) is 6.07 Å². The molecule has 1 rings (SSSR count). The average molecular weight is 196 g/mol. The van der Waals surface area contributed by atoms with Crippen molar-refractivity contribution in [3.05, 3.63) is 10.6 Å². The summed E-state index contributed by atoms with van der Waals surface area (Å²) >= 11 is 2.99. The van der Waals surface area contributed by atoms with Crippen molar-refractivity contribution in [2.75, 3.05) is 0 Å². The van der Waals surface area contributed by atoms with Crippen LogP contribution in [0.25, 0.3) is 0 Å². The van der Waals surface area contributed by atoms with E-state index in [1.54, 1.807) is 6.07 Å². The van der Waals surface area contributed by atoms with Gasteiger partial charge in [-0.25, -0.2) is 0 Å². The fourth-order valence-electron chi connectivity index (χ4n) is 0.292. The van der Waals surface area contributed by atoms with Crippen LogP contribution in [0.2, 0.25) is 0 Å². The molecule has 0 aromatic carbocycles. The maximum Gasteiger partial charge on any atom is 0.252 e. The van der Waals surface area contributed by atoms with Crippen LogP contribution < -0.4 is 0 Å². The molecule has 0 aliphatic rings. The van der Waals surface area contributed by atoms with E-state index in [9.17, 15) is 0 Å². The second kappa shape index (κ2) is 4.01. The summed E-state index contributed by atoms with van der Waals surface area (Å²) in [6, 6.07) is 1.76. The van der Waals surface area contributed by atoms with Crippen molar-refractivity contribution in [3.63, 3.8) is 0 Å². The monoisotopic (exact) mass is 195 g/mol. The van der Waals surface area contributed by atoms with Crippen molar-refractivity contribution >= 4 is 45.5 Å². The van der Waals surface area contributed by atoms with Gasteiger partial charge in [0.05, 0.1) is 0 Å². The number of halogens is 1. The quantitative estimate of drug-likeness (QED) is 0.596. The Morgan fingerprint density at radius 3 is 2.56 bits per heavy atom. The maximum absolute atomic E-state index is 8.14. The molecule has 1 aromatic heterocycles. The Labute approximate surface area is 82.1 Å². The molecule has 0 saturated heterocycles. The zero-order valence-corrected chi connectivity index (χ0v) is 8.31. The summed E-state index contributed by atoms with van der Waals surface area (Å²) in [6.45, 7) is 0. The molecule has 0 unspecified atom stereocenters. The van der Waals surface area contributed by atoms with Crippen LogP contribution in [0.3, 0.4) is 0 Å². The van der Waals surface area contributed by atoms with Gasteiger partial charge in [-0.3, -0.25) is 5.10 Å². The predicted octanol–water partition coefficient (Wildman–Crippen LogP) is 0.0581. The number of rotatable bonds is 0. The van der Waals surface area contributed by atoms with E-state index in [2.05, 4.69) is 31.1 Å². The molecule has 0 spiro atoms. The predicted molar refractivity (Wildman–Crippen MR) is 34.6 cm³/mol. The first-order valence-electron chi connectivity index (χ1n) is 1.81. The minimum atomic E-state index is 0. The Kier molecular flexibility index (Phi) is 4.06. The van der Waals surface area contributed by atoms with Gasteiger partial charge in [-0.15, -0.1) is 5.10 Å². The Bertz CT molecular complexity index is 226. The number of aromatic nitrogens is 3. The molecule has 9 heavy (non-hydrogen) atoms. The summed E-state index contributed by atoms with van der Waals surface area (Å²) in [6.07, 6.45) is 0. The maximum atomic E-state index is 8.14. The van der Waals surface area contributed by atoms with Crippen LogP contribution >= 0.6 is 15.9 Å². The molecule has 41 valence electrons. The summed E-state index contributed by atoms with van der Waals surface area (Å²) in [5, 5.41) is 14.1. The van der Waals surface area contributed by atoms with Crippen molar-refractivity contribution in [2.24, 2.45) is 0 Å². The molecular weight excluding hydrogens is 195 g/mol. The first-order valence-corrected chi connectivity index (χ1v) is 2.60. The second-order valence-corrected chi connectivity index (χ2v) is 1.81. The zero-order valence-electron chi connectivity index (χ0n) is 4.72. The molecule has 0 bridgehead atoms. The summed E-state index contributed by atoms with van der Waals surface area (Å²) < 4.78 is 0.481. The zero-order chi connectivity index (χ0) is 5.98. The molecule has 1 radical (unpaired) electrons. The average Bonchev–Trinajstić information content (AvgIpc) is 2.14. The van der Waals surface area contributed by atoms with E-state index in [1.807, 2.05) is 0 Å². The molecule has 1 N–H and O–H groups in total. The molecule has 0 saturated carbocycles. The first kappa shape index (κ1) is 9.11. The Morgan fingerprint density at radius 1 is 1.67 bits per heavy atom. The van der Waals surface area contributed by atoms with E-state index in [4.69, 9.17) is 5.26 Å². The van der Waals surface area contributed by atoms with Crippen LogP contribution in [0.4, 0.5) is 0 Å². The van der Waals surface area contributed by atoms with Gasteiger partial charge in [-0.2, -0.15) is 10.2 Å².